The normalized spacial score (nSPS) is 10.4. The fraction of sp³-hybridized carbons (Fsp3) is 0. The Hall–Kier alpha value is -4.08. The van der Waals surface area contributed by atoms with Crippen molar-refractivity contribution in [3.05, 3.63) is 97.1 Å². The first kappa shape index (κ1) is 17.7. The molecule has 1 amide bonds. The minimum absolute atomic E-state index is 0.0787. The van der Waals surface area contributed by atoms with Gasteiger partial charge in [-0.3, -0.25) is 19.7 Å². The maximum atomic E-state index is 13.4. The molecule has 1 heterocycles. The van der Waals surface area contributed by atoms with Crippen LogP contribution >= 0.6 is 0 Å². The van der Waals surface area contributed by atoms with Crippen molar-refractivity contribution >= 4 is 17.3 Å². The number of hydrogen-bond donors (Lipinski definition) is 2. The van der Waals surface area contributed by atoms with Gasteiger partial charge in [-0.05, 0) is 24.3 Å². The van der Waals surface area contributed by atoms with E-state index in [9.17, 15) is 28.9 Å². The smallest absolute Gasteiger partial charge is 0.322 e. The number of nitro benzene ring substituents is 1. The molecule has 0 aliphatic carbocycles. The third-order valence-corrected chi connectivity index (χ3v) is 3.64. The maximum absolute atomic E-state index is 13.4. The quantitative estimate of drug-likeness (QED) is 0.535. The van der Waals surface area contributed by atoms with Crippen LogP contribution in [0.5, 0.6) is 0 Å². The number of amides is 1. The van der Waals surface area contributed by atoms with Crippen molar-refractivity contribution in [1.82, 2.24) is 9.55 Å². The second kappa shape index (κ2) is 7.04. The van der Waals surface area contributed by atoms with Gasteiger partial charge < -0.3 is 10.3 Å². The Morgan fingerprint density at radius 2 is 1.85 bits per heavy atom. The predicted octanol–water partition coefficient (Wildman–Crippen LogP) is 1.83. The molecule has 0 fully saturated rings. The highest BCUT2D eigenvalue weighted by Crippen LogP contribution is 2.21. The number of anilines is 1. The molecule has 0 aliphatic rings. The van der Waals surface area contributed by atoms with Gasteiger partial charge in [0.2, 0.25) is 5.82 Å². The standard InChI is InChI=1S/C17H11FN4O5/c18-13-7-6-10(8-14(13)22(26)27)20-15(23)12-9-19-17(25)21(16(12)24)11-4-2-1-3-5-11/h1-9H,(H,19,25)(H,20,23). The van der Waals surface area contributed by atoms with Gasteiger partial charge in [0, 0.05) is 18.0 Å². The second-order valence-electron chi connectivity index (χ2n) is 5.36. The molecule has 0 saturated carbocycles. The van der Waals surface area contributed by atoms with E-state index in [2.05, 4.69) is 10.3 Å². The lowest BCUT2D eigenvalue weighted by Gasteiger charge is -2.08. The molecule has 0 radical (unpaired) electrons. The van der Waals surface area contributed by atoms with Crippen LogP contribution in [0.3, 0.4) is 0 Å². The average molecular weight is 370 g/mol. The molecule has 3 rings (SSSR count). The number of aromatic amines is 1. The molecule has 3 aromatic rings. The molecule has 0 bridgehead atoms. The van der Waals surface area contributed by atoms with Gasteiger partial charge in [-0.1, -0.05) is 18.2 Å². The number of rotatable bonds is 4. The van der Waals surface area contributed by atoms with Crippen molar-refractivity contribution < 1.29 is 14.1 Å². The Balaban J connectivity index is 1.99. The van der Waals surface area contributed by atoms with Crippen molar-refractivity contribution in [3.63, 3.8) is 0 Å². The summed E-state index contributed by atoms with van der Waals surface area (Å²) in [6.07, 6.45) is 0.942. The fourth-order valence-corrected chi connectivity index (χ4v) is 2.38. The van der Waals surface area contributed by atoms with E-state index < -0.39 is 39.1 Å². The number of carbonyl (C=O) groups excluding carboxylic acids is 1. The van der Waals surface area contributed by atoms with E-state index in [4.69, 9.17) is 0 Å². The van der Waals surface area contributed by atoms with Gasteiger partial charge in [-0.2, -0.15) is 4.39 Å². The Bertz CT molecular complexity index is 1150. The molecule has 2 N–H and O–H groups in total. The van der Waals surface area contributed by atoms with E-state index in [0.717, 1.165) is 29.0 Å². The number of halogens is 1. The summed E-state index contributed by atoms with van der Waals surface area (Å²) in [7, 11) is 0. The van der Waals surface area contributed by atoms with Crippen LogP contribution in [0.1, 0.15) is 10.4 Å². The maximum Gasteiger partial charge on any atom is 0.333 e. The van der Waals surface area contributed by atoms with Gasteiger partial charge in [0.1, 0.15) is 5.56 Å². The van der Waals surface area contributed by atoms with E-state index in [1.807, 2.05) is 0 Å². The van der Waals surface area contributed by atoms with Crippen molar-refractivity contribution in [1.29, 1.82) is 0 Å². The summed E-state index contributed by atoms with van der Waals surface area (Å²) >= 11 is 0. The number of benzene rings is 2. The lowest BCUT2D eigenvalue weighted by molar-refractivity contribution is -0.387. The molecule has 10 heteroatoms. The largest absolute Gasteiger partial charge is 0.333 e. The van der Waals surface area contributed by atoms with Crippen LogP contribution in [0.25, 0.3) is 5.69 Å². The molecule has 0 saturated heterocycles. The van der Waals surface area contributed by atoms with E-state index >= 15 is 0 Å². The number of para-hydroxylation sites is 1. The summed E-state index contributed by atoms with van der Waals surface area (Å²) in [6, 6.07) is 10.7. The van der Waals surface area contributed by atoms with Crippen molar-refractivity contribution in [2.45, 2.75) is 0 Å². The van der Waals surface area contributed by atoms with Gasteiger partial charge in [0.15, 0.2) is 0 Å². The third kappa shape index (κ3) is 3.49. The van der Waals surface area contributed by atoms with Crippen LogP contribution in [0.2, 0.25) is 0 Å². The number of nitro groups is 1. The van der Waals surface area contributed by atoms with Crippen LogP contribution < -0.4 is 16.6 Å². The van der Waals surface area contributed by atoms with Crippen molar-refractivity contribution in [2.75, 3.05) is 5.32 Å². The van der Waals surface area contributed by atoms with E-state index in [1.165, 1.54) is 12.1 Å². The zero-order chi connectivity index (χ0) is 19.6. The molecule has 0 unspecified atom stereocenters. The third-order valence-electron chi connectivity index (χ3n) is 3.64. The monoisotopic (exact) mass is 370 g/mol. The van der Waals surface area contributed by atoms with Gasteiger partial charge in [0.25, 0.3) is 11.5 Å². The zero-order valence-electron chi connectivity index (χ0n) is 13.5. The van der Waals surface area contributed by atoms with Crippen LogP contribution in [0.4, 0.5) is 15.8 Å². The van der Waals surface area contributed by atoms with Crippen LogP contribution in [-0.4, -0.2) is 20.4 Å². The Morgan fingerprint density at radius 1 is 1.15 bits per heavy atom. The number of aromatic nitrogens is 2. The summed E-state index contributed by atoms with van der Waals surface area (Å²) in [5.41, 5.74) is -2.65. The van der Waals surface area contributed by atoms with E-state index in [1.54, 1.807) is 18.2 Å². The predicted molar refractivity (Wildman–Crippen MR) is 93.7 cm³/mol. The van der Waals surface area contributed by atoms with Crippen molar-refractivity contribution in [2.24, 2.45) is 0 Å². The summed E-state index contributed by atoms with van der Waals surface area (Å²) < 4.78 is 14.2. The fourth-order valence-electron chi connectivity index (χ4n) is 2.38. The lowest BCUT2D eigenvalue weighted by atomic mass is 10.2. The van der Waals surface area contributed by atoms with Gasteiger partial charge in [-0.15, -0.1) is 0 Å². The first-order valence-corrected chi connectivity index (χ1v) is 7.54. The molecular formula is C17H11FN4O5. The molecular weight excluding hydrogens is 359 g/mol. The summed E-state index contributed by atoms with van der Waals surface area (Å²) in [6.45, 7) is 0. The zero-order valence-corrected chi connectivity index (χ0v) is 13.5. The lowest BCUT2D eigenvalue weighted by Crippen LogP contribution is -2.38. The van der Waals surface area contributed by atoms with Gasteiger partial charge in [-0.25, -0.2) is 9.36 Å². The van der Waals surface area contributed by atoms with Gasteiger partial charge >= 0.3 is 11.4 Å². The highest BCUT2D eigenvalue weighted by atomic mass is 19.1. The first-order chi connectivity index (χ1) is 12.9. The minimum atomic E-state index is -1.06. The van der Waals surface area contributed by atoms with Gasteiger partial charge in [0.05, 0.1) is 10.6 Å². The molecule has 1 aromatic heterocycles. The summed E-state index contributed by atoms with van der Waals surface area (Å²) in [4.78, 5) is 49.1. The Kier molecular flexibility index (Phi) is 4.62. The molecule has 27 heavy (non-hydrogen) atoms. The summed E-state index contributed by atoms with van der Waals surface area (Å²) in [5.74, 6) is -1.98. The van der Waals surface area contributed by atoms with E-state index in [0.29, 0.717) is 0 Å². The second-order valence-corrected chi connectivity index (χ2v) is 5.36. The Labute approximate surface area is 149 Å². The minimum Gasteiger partial charge on any atom is -0.322 e. The molecule has 9 nitrogen and oxygen atoms in total. The number of carbonyl (C=O) groups is 1. The van der Waals surface area contributed by atoms with Crippen LogP contribution in [0.15, 0.2) is 64.3 Å². The number of hydrogen-bond acceptors (Lipinski definition) is 5. The molecule has 2 aromatic carbocycles. The molecule has 0 aliphatic heterocycles. The average Bonchev–Trinajstić information content (AvgIpc) is 2.64. The number of H-pyrrole nitrogens is 1. The highest BCUT2D eigenvalue weighted by molar-refractivity contribution is 6.04. The van der Waals surface area contributed by atoms with Crippen LogP contribution in [-0.2, 0) is 0 Å². The molecule has 136 valence electrons. The number of nitrogens with zero attached hydrogens (tertiary/aromatic N) is 2. The van der Waals surface area contributed by atoms with E-state index in [-0.39, 0.29) is 11.4 Å². The number of nitrogens with one attached hydrogen (secondary N) is 2. The summed E-state index contributed by atoms with van der Waals surface area (Å²) in [5, 5.41) is 13.1. The Morgan fingerprint density at radius 3 is 2.52 bits per heavy atom. The molecule has 0 atom stereocenters. The molecule has 0 spiro atoms. The first-order valence-electron chi connectivity index (χ1n) is 7.54. The SMILES string of the molecule is O=C(Nc1ccc(F)c([N+](=O)[O-])c1)c1c[nH]c(=O)n(-c2ccccc2)c1=O. The van der Waals surface area contributed by atoms with Crippen molar-refractivity contribution in [3.8, 4) is 5.69 Å². The van der Waals surface area contributed by atoms with Crippen LogP contribution in [0, 0.1) is 15.9 Å². The highest BCUT2D eigenvalue weighted by Gasteiger charge is 2.19. The topological polar surface area (TPSA) is 127 Å².